The lowest BCUT2D eigenvalue weighted by Crippen LogP contribution is -2.41. The highest BCUT2D eigenvalue weighted by atomic mass is 32.2. The number of benzene rings is 1. The van der Waals surface area contributed by atoms with Crippen LogP contribution in [0.4, 0.5) is 4.79 Å². The van der Waals surface area contributed by atoms with Crippen LogP contribution in [0, 0.1) is 0 Å². The molecule has 3 rings (SSSR count). The van der Waals surface area contributed by atoms with E-state index in [1.54, 1.807) is 6.07 Å². The molecule has 1 fully saturated rings. The van der Waals surface area contributed by atoms with Gasteiger partial charge in [-0.05, 0) is 13.0 Å². The van der Waals surface area contributed by atoms with Crippen molar-refractivity contribution in [3.63, 3.8) is 0 Å². The molecule has 0 unspecified atom stereocenters. The highest BCUT2D eigenvalue weighted by molar-refractivity contribution is 8.14. The van der Waals surface area contributed by atoms with Gasteiger partial charge in [-0.2, -0.15) is 5.10 Å². The van der Waals surface area contributed by atoms with Gasteiger partial charge in [0.1, 0.15) is 5.69 Å². The van der Waals surface area contributed by atoms with Gasteiger partial charge in [-0.15, -0.1) is 0 Å². The van der Waals surface area contributed by atoms with Crippen LogP contribution < -0.4 is 5.32 Å². The van der Waals surface area contributed by atoms with Crippen LogP contribution in [0.1, 0.15) is 17.4 Å². The van der Waals surface area contributed by atoms with E-state index >= 15 is 0 Å². The first-order valence-corrected chi connectivity index (χ1v) is 9.51. The number of aromatic amines is 1. The molecule has 0 bridgehead atoms. The number of hydrogen-bond donors (Lipinski definition) is 2. The number of esters is 1. The number of amides is 3. The molecule has 10 heteroatoms. The van der Waals surface area contributed by atoms with Crippen molar-refractivity contribution in [2.75, 3.05) is 18.8 Å². The largest absolute Gasteiger partial charge is 0.448 e. The fourth-order valence-electron chi connectivity index (χ4n) is 2.49. The minimum atomic E-state index is -1.05. The van der Waals surface area contributed by atoms with Gasteiger partial charge in [0.2, 0.25) is 5.91 Å². The van der Waals surface area contributed by atoms with Gasteiger partial charge in [-0.1, -0.05) is 42.1 Å². The standard InChI is InChI=1S/C18H18N4O5S/c1-11(16(24)19-7-8-22-15(23)10-28-18(22)26)27-17(25)14-9-13(20-21-14)12-5-3-2-4-6-12/h2-6,9,11H,7-8,10H2,1H3,(H,19,24)(H,20,21)/t11-/m0/s1. The van der Waals surface area contributed by atoms with Crippen LogP contribution >= 0.6 is 11.8 Å². The van der Waals surface area contributed by atoms with E-state index in [1.807, 2.05) is 30.3 Å². The molecule has 0 spiro atoms. The third kappa shape index (κ3) is 4.58. The quantitative estimate of drug-likeness (QED) is 0.672. The van der Waals surface area contributed by atoms with Crippen molar-refractivity contribution in [2.24, 2.45) is 0 Å². The first kappa shape index (κ1) is 19.6. The maximum Gasteiger partial charge on any atom is 0.357 e. The lowest BCUT2D eigenvalue weighted by molar-refractivity contribution is -0.130. The molecule has 0 saturated carbocycles. The Hall–Kier alpha value is -3.14. The van der Waals surface area contributed by atoms with Crippen LogP contribution in [-0.2, 0) is 14.3 Å². The number of hydrogen-bond acceptors (Lipinski definition) is 7. The summed E-state index contributed by atoms with van der Waals surface area (Å²) < 4.78 is 5.14. The van der Waals surface area contributed by atoms with E-state index in [9.17, 15) is 19.2 Å². The van der Waals surface area contributed by atoms with Crippen molar-refractivity contribution in [3.8, 4) is 11.3 Å². The van der Waals surface area contributed by atoms with Gasteiger partial charge in [-0.3, -0.25) is 24.4 Å². The molecule has 2 N–H and O–H groups in total. The van der Waals surface area contributed by atoms with Crippen molar-refractivity contribution >= 4 is 34.8 Å². The summed E-state index contributed by atoms with van der Waals surface area (Å²) in [5.74, 6) is -1.39. The van der Waals surface area contributed by atoms with Gasteiger partial charge in [0, 0.05) is 18.7 Å². The average Bonchev–Trinajstić information content (AvgIpc) is 3.31. The Labute approximate surface area is 164 Å². The number of thioether (sulfide) groups is 1. The van der Waals surface area contributed by atoms with Gasteiger partial charge < -0.3 is 10.1 Å². The van der Waals surface area contributed by atoms with Crippen LogP contribution in [0.3, 0.4) is 0 Å². The number of nitrogens with one attached hydrogen (secondary N) is 2. The van der Waals surface area contributed by atoms with E-state index in [0.717, 1.165) is 22.2 Å². The second-order valence-corrected chi connectivity index (χ2v) is 6.90. The van der Waals surface area contributed by atoms with Gasteiger partial charge in [0.05, 0.1) is 11.4 Å². The van der Waals surface area contributed by atoms with E-state index < -0.39 is 18.0 Å². The molecule has 0 radical (unpaired) electrons. The summed E-state index contributed by atoms with van der Waals surface area (Å²) in [4.78, 5) is 48.3. The Bertz CT molecular complexity index is 882. The molecule has 9 nitrogen and oxygen atoms in total. The summed E-state index contributed by atoms with van der Waals surface area (Å²) in [6, 6.07) is 10.8. The predicted octanol–water partition coefficient (Wildman–Crippen LogP) is 1.43. The summed E-state index contributed by atoms with van der Waals surface area (Å²) in [7, 11) is 0. The predicted molar refractivity (Wildman–Crippen MR) is 101 cm³/mol. The molecule has 28 heavy (non-hydrogen) atoms. The zero-order chi connectivity index (χ0) is 20.1. The van der Waals surface area contributed by atoms with E-state index in [4.69, 9.17) is 4.74 Å². The summed E-state index contributed by atoms with van der Waals surface area (Å²) in [6.07, 6.45) is -1.05. The Morgan fingerprint density at radius 3 is 2.75 bits per heavy atom. The highest BCUT2D eigenvalue weighted by Crippen LogP contribution is 2.18. The fourth-order valence-corrected chi connectivity index (χ4v) is 3.24. The van der Waals surface area contributed by atoms with Crippen molar-refractivity contribution in [3.05, 3.63) is 42.1 Å². The van der Waals surface area contributed by atoms with Crippen LogP contribution in [0.25, 0.3) is 11.3 Å². The molecule has 1 aromatic carbocycles. The Balaban J connectivity index is 1.48. The first-order valence-electron chi connectivity index (χ1n) is 8.52. The maximum absolute atomic E-state index is 12.2. The van der Waals surface area contributed by atoms with E-state index in [2.05, 4.69) is 15.5 Å². The number of aromatic nitrogens is 2. The van der Waals surface area contributed by atoms with Gasteiger partial charge in [-0.25, -0.2) is 4.79 Å². The monoisotopic (exact) mass is 402 g/mol. The van der Waals surface area contributed by atoms with Crippen LogP contribution in [-0.4, -0.2) is 63.1 Å². The van der Waals surface area contributed by atoms with Gasteiger partial charge in [0.15, 0.2) is 6.10 Å². The van der Waals surface area contributed by atoms with E-state index in [1.165, 1.54) is 6.92 Å². The summed E-state index contributed by atoms with van der Waals surface area (Å²) >= 11 is 0.931. The zero-order valence-electron chi connectivity index (χ0n) is 15.0. The van der Waals surface area contributed by atoms with Crippen molar-refractivity contribution in [2.45, 2.75) is 13.0 Å². The first-order chi connectivity index (χ1) is 13.5. The number of ether oxygens (including phenoxy) is 1. The maximum atomic E-state index is 12.2. The van der Waals surface area contributed by atoms with Crippen molar-refractivity contribution < 1.29 is 23.9 Å². The molecule has 0 aliphatic carbocycles. The normalized spacial score (nSPS) is 14.8. The van der Waals surface area contributed by atoms with Gasteiger partial charge >= 0.3 is 5.97 Å². The van der Waals surface area contributed by atoms with E-state index in [0.29, 0.717) is 5.69 Å². The van der Waals surface area contributed by atoms with Crippen molar-refractivity contribution in [1.82, 2.24) is 20.4 Å². The number of nitrogens with zero attached hydrogens (tertiary/aromatic N) is 2. The summed E-state index contributed by atoms with van der Waals surface area (Å²) in [6.45, 7) is 1.60. The minimum Gasteiger partial charge on any atom is -0.448 e. The van der Waals surface area contributed by atoms with Crippen LogP contribution in [0.5, 0.6) is 0 Å². The lowest BCUT2D eigenvalue weighted by atomic mass is 10.1. The zero-order valence-corrected chi connectivity index (χ0v) is 15.8. The Morgan fingerprint density at radius 2 is 2.07 bits per heavy atom. The van der Waals surface area contributed by atoms with Crippen LogP contribution in [0.15, 0.2) is 36.4 Å². The second kappa shape index (κ2) is 8.70. The molecule has 1 aliphatic heterocycles. The van der Waals surface area contributed by atoms with E-state index in [-0.39, 0.29) is 35.7 Å². The van der Waals surface area contributed by atoms with Crippen molar-refractivity contribution in [1.29, 1.82) is 0 Å². The number of imide groups is 1. The third-order valence-electron chi connectivity index (χ3n) is 4.00. The summed E-state index contributed by atoms with van der Waals surface area (Å²) in [5, 5.41) is 8.88. The molecule has 2 aromatic rings. The number of carbonyl (C=O) groups excluding carboxylic acids is 4. The lowest BCUT2D eigenvalue weighted by Gasteiger charge is -2.15. The molecule has 3 amide bonds. The van der Waals surface area contributed by atoms with Gasteiger partial charge in [0.25, 0.3) is 11.1 Å². The average molecular weight is 402 g/mol. The minimum absolute atomic E-state index is 0.0814. The smallest absolute Gasteiger partial charge is 0.357 e. The molecule has 1 atom stereocenters. The third-order valence-corrected chi connectivity index (χ3v) is 4.85. The number of rotatable bonds is 7. The Morgan fingerprint density at radius 1 is 1.32 bits per heavy atom. The number of H-pyrrole nitrogens is 1. The molecule has 1 saturated heterocycles. The SMILES string of the molecule is C[C@H](OC(=O)c1cc(-c2ccccc2)n[nH]1)C(=O)NCCN1C(=O)CSC1=O. The summed E-state index contributed by atoms with van der Waals surface area (Å²) in [5.41, 5.74) is 1.55. The fraction of sp³-hybridized carbons (Fsp3) is 0.278. The second-order valence-electron chi connectivity index (χ2n) is 5.97. The molecule has 146 valence electrons. The Kier molecular flexibility index (Phi) is 6.09. The highest BCUT2D eigenvalue weighted by Gasteiger charge is 2.29. The molecular weight excluding hydrogens is 384 g/mol. The molecule has 2 heterocycles. The molecular formula is C18H18N4O5S. The number of carbonyl (C=O) groups is 4. The molecule has 1 aromatic heterocycles. The van der Waals surface area contributed by atoms with Crippen LogP contribution in [0.2, 0.25) is 0 Å². The topological polar surface area (TPSA) is 121 Å². The molecule has 1 aliphatic rings.